The lowest BCUT2D eigenvalue weighted by Gasteiger charge is -2.15. The third-order valence-corrected chi connectivity index (χ3v) is 1.34. The molecule has 1 heterocycles. The standard InChI is InChI=1S/C6H6NO3/c8-3-4-5(9)1-2-6(10)7-4/h4H,1-2H2,(H,7,10)/t4-/m1/s1. The van der Waals surface area contributed by atoms with Crippen LogP contribution in [-0.2, 0) is 14.4 Å². The molecule has 4 heteroatoms. The van der Waals surface area contributed by atoms with Crippen LogP contribution in [0.25, 0.3) is 0 Å². The van der Waals surface area contributed by atoms with Crippen LogP contribution in [0.1, 0.15) is 12.8 Å². The molecule has 0 saturated carbocycles. The molecule has 0 aromatic carbocycles. The number of hydrogen-bond acceptors (Lipinski definition) is 3. The topological polar surface area (TPSA) is 63.2 Å². The molecule has 1 radical (unpaired) electrons. The second-order valence-electron chi connectivity index (χ2n) is 2.08. The van der Waals surface area contributed by atoms with Crippen molar-refractivity contribution in [1.29, 1.82) is 0 Å². The first-order valence-electron chi connectivity index (χ1n) is 2.94. The second-order valence-corrected chi connectivity index (χ2v) is 2.08. The SMILES string of the molecule is O=[C][C@H]1NC(=O)CCC1=O. The fourth-order valence-electron chi connectivity index (χ4n) is 0.790. The van der Waals surface area contributed by atoms with Crippen LogP contribution in [0.4, 0.5) is 0 Å². The predicted octanol–water partition coefficient (Wildman–Crippen LogP) is -1.06. The Balaban J connectivity index is 2.62. The summed E-state index contributed by atoms with van der Waals surface area (Å²) in [6.45, 7) is 0. The summed E-state index contributed by atoms with van der Waals surface area (Å²) < 4.78 is 0. The van der Waals surface area contributed by atoms with Crippen molar-refractivity contribution in [3.63, 3.8) is 0 Å². The van der Waals surface area contributed by atoms with Crippen LogP contribution in [0.5, 0.6) is 0 Å². The highest BCUT2D eigenvalue weighted by Gasteiger charge is 2.25. The Kier molecular flexibility index (Phi) is 1.80. The van der Waals surface area contributed by atoms with E-state index < -0.39 is 6.04 Å². The number of carbonyl (C=O) groups is 2. The first-order valence-corrected chi connectivity index (χ1v) is 2.94. The minimum Gasteiger partial charge on any atom is -0.339 e. The van der Waals surface area contributed by atoms with Gasteiger partial charge < -0.3 is 5.32 Å². The van der Waals surface area contributed by atoms with Gasteiger partial charge in [0.25, 0.3) is 0 Å². The van der Waals surface area contributed by atoms with Crippen LogP contribution in [-0.4, -0.2) is 24.0 Å². The zero-order chi connectivity index (χ0) is 7.56. The molecular formula is C6H6NO3. The Morgan fingerprint density at radius 2 is 2.10 bits per heavy atom. The quantitative estimate of drug-likeness (QED) is 0.472. The summed E-state index contributed by atoms with van der Waals surface area (Å²) in [5, 5.41) is 2.20. The van der Waals surface area contributed by atoms with Gasteiger partial charge in [0.15, 0.2) is 11.8 Å². The average Bonchev–Trinajstić information content (AvgIpc) is 1.94. The maximum absolute atomic E-state index is 10.7. The van der Waals surface area contributed by atoms with E-state index in [1.54, 1.807) is 0 Å². The summed E-state index contributed by atoms with van der Waals surface area (Å²) in [6.07, 6.45) is 1.80. The normalized spacial score (nSPS) is 25.8. The van der Waals surface area contributed by atoms with Gasteiger partial charge in [-0.2, -0.15) is 0 Å². The summed E-state index contributed by atoms with van der Waals surface area (Å²) in [6, 6.07) is -1.01. The van der Waals surface area contributed by atoms with E-state index >= 15 is 0 Å². The van der Waals surface area contributed by atoms with Crippen LogP contribution in [0.15, 0.2) is 0 Å². The van der Waals surface area contributed by atoms with Gasteiger partial charge in [-0.05, 0) is 0 Å². The van der Waals surface area contributed by atoms with Crippen LogP contribution < -0.4 is 5.32 Å². The summed E-state index contributed by atoms with van der Waals surface area (Å²) in [5.74, 6) is -0.512. The summed E-state index contributed by atoms with van der Waals surface area (Å²) in [5.41, 5.74) is 0. The third-order valence-electron chi connectivity index (χ3n) is 1.34. The summed E-state index contributed by atoms with van der Waals surface area (Å²) >= 11 is 0. The van der Waals surface area contributed by atoms with Gasteiger partial charge in [0.05, 0.1) is 0 Å². The van der Waals surface area contributed by atoms with Gasteiger partial charge in [-0.25, -0.2) is 0 Å². The minimum absolute atomic E-state index is 0.158. The smallest absolute Gasteiger partial charge is 0.230 e. The number of piperidine rings is 1. The van der Waals surface area contributed by atoms with Crippen LogP contribution in [0, 0.1) is 0 Å². The van der Waals surface area contributed by atoms with Gasteiger partial charge in [0, 0.05) is 12.8 Å². The maximum Gasteiger partial charge on any atom is 0.230 e. The van der Waals surface area contributed by atoms with E-state index in [1.807, 2.05) is 0 Å². The van der Waals surface area contributed by atoms with Crippen molar-refractivity contribution in [2.75, 3.05) is 0 Å². The molecular weight excluding hydrogens is 134 g/mol. The number of Topliss-reactive ketones (excluding diaryl/α,β-unsaturated/α-hetero) is 1. The Hall–Kier alpha value is -1.19. The number of rotatable bonds is 1. The van der Waals surface area contributed by atoms with Crippen molar-refractivity contribution < 1.29 is 14.4 Å². The zero-order valence-electron chi connectivity index (χ0n) is 5.22. The lowest BCUT2D eigenvalue weighted by molar-refractivity contribution is -0.131. The lowest BCUT2D eigenvalue weighted by atomic mass is 10.0. The number of carbonyl (C=O) groups excluding carboxylic acids is 3. The molecule has 1 fully saturated rings. The molecule has 0 bridgehead atoms. The molecule has 0 unspecified atom stereocenters. The molecule has 1 amide bonds. The van der Waals surface area contributed by atoms with Gasteiger partial charge in [-0.15, -0.1) is 0 Å². The van der Waals surface area contributed by atoms with Crippen molar-refractivity contribution >= 4 is 18.0 Å². The predicted molar refractivity (Wildman–Crippen MR) is 31.9 cm³/mol. The average molecular weight is 140 g/mol. The zero-order valence-corrected chi connectivity index (χ0v) is 5.22. The molecule has 1 saturated heterocycles. The summed E-state index contributed by atoms with van der Waals surface area (Å²) in [7, 11) is 0. The van der Waals surface area contributed by atoms with Gasteiger partial charge >= 0.3 is 0 Å². The molecule has 0 aromatic heterocycles. The Bertz CT molecular complexity index is 187. The van der Waals surface area contributed by atoms with E-state index in [9.17, 15) is 14.4 Å². The van der Waals surface area contributed by atoms with E-state index in [1.165, 1.54) is 6.29 Å². The first kappa shape index (κ1) is 6.92. The molecule has 1 N–H and O–H groups in total. The molecule has 0 aromatic rings. The van der Waals surface area contributed by atoms with Crippen LogP contribution in [0.2, 0.25) is 0 Å². The number of amides is 1. The Labute approximate surface area is 57.6 Å². The molecule has 10 heavy (non-hydrogen) atoms. The van der Waals surface area contributed by atoms with Crippen molar-refractivity contribution in [3.8, 4) is 0 Å². The van der Waals surface area contributed by atoms with Crippen molar-refractivity contribution in [2.45, 2.75) is 18.9 Å². The second kappa shape index (κ2) is 2.60. The summed E-state index contributed by atoms with van der Waals surface area (Å²) in [4.78, 5) is 31.2. The van der Waals surface area contributed by atoms with E-state index in [4.69, 9.17) is 0 Å². The Morgan fingerprint density at radius 3 is 2.60 bits per heavy atom. The molecule has 0 aliphatic carbocycles. The van der Waals surface area contributed by atoms with Gasteiger partial charge in [-0.3, -0.25) is 14.4 Å². The van der Waals surface area contributed by atoms with Crippen LogP contribution >= 0.6 is 0 Å². The van der Waals surface area contributed by atoms with E-state index in [2.05, 4.69) is 5.32 Å². The third kappa shape index (κ3) is 1.21. The highest BCUT2D eigenvalue weighted by atomic mass is 16.2. The fourth-order valence-corrected chi connectivity index (χ4v) is 0.790. The van der Waals surface area contributed by atoms with Gasteiger partial charge in [0.2, 0.25) is 12.2 Å². The highest BCUT2D eigenvalue weighted by Crippen LogP contribution is 2.01. The molecule has 1 aliphatic rings. The monoisotopic (exact) mass is 140 g/mol. The largest absolute Gasteiger partial charge is 0.339 e. The Morgan fingerprint density at radius 1 is 1.40 bits per heavy atom. The van der Waals surface area contributed by atoms with E-state index in [-0.39, 0.29) is 24.5 Å². The number of ketones is 1. The molecule has 1 atom stereocenters. The molecule has 4 nitrogen and oxygen atoms in total. The van der Waals surface area contributed by atoms with Crippen molar-refractivity contribution in [2.24, 2.45) is 0 Å². The minimum atomic E-state index is -1.01. The van der Waals surface area contributed by atoms with Gasteiger partial charge in [-0.1, -0.05) is 0 Å². The molecule has 1 rings (SSSR count). The molecule has 0 spiro atoms. The molecule has 1 aliphatic heterocycles. The van der Waals surface area contributed by atoms with E-state index in [0.717, 1.165) is 0 Å². The van der Waals surface area contributed by atoms with Gasteiger partial charge in [0.1, 0.15) is 0 Å². The maximum atomic E-state index is 10.7. The lowest BCUT2D eigenvalue weighted by Crippen LogP contribution is -2.46. The first-order chi connectivity index (χ1) is 4.74. The van der Waals surface area contributed by atoms with Crippen molar-refractivity contribution in [1.82, 2.24) is 5.32 Å². The van der Waals surface area contributed by atoms with E-state index in [0.29, 0.717) is 0 Å². The fraction of sp³-hybridized carbons (Fsp3) is 0.500. The van der Waals surface area contributed by atoms with Crippen LogP contribution in [0.3, 0.4) is 0 Å². The number of nitrogens with one attached hydrogen (secondary N) is 1. The van der Waals surface area contributed by atoms with Crippen molar-refractivity contribution in [3.05, 3.63) is 0 Å². The number of hydrogen-bond donors (Lipinski definition) is 1. The highest BCUT2D eigenvalue weighted by molar-refractivity contribution is 6.04. The molecule has 53 valence electrons.